The molecule has 188 valence electrons. The fourth-order valence-electron chi connectivity index (χ4n) is 3.80. The predicted molar refractivity (Wildman–Crippen MR) is 135 cm³/mol. The van der Waals surface area contributed by atoms with Crippen LogP contribution in [-0.2, 0) is 19.1 Å². The lowest BCUT2D eigenvalue weighted by atomic mass is 9.93. The molecular formula is C27H35N3O5. The van der Waals surface area contributed by atoms with Gasteiger partial charge < -0.3 is 30.9 Å². The van der Waals surface area contributed by atoms with Gasteiger partial charge in [-0.15, -0.1) is 0 Å². The molecule has 0 aromatic heterocycles. The van der Waals surface area contributed by atoms with Crippen LogP contribution in [0.3, 0.4) is 0 Å². The van der Waals surface area contributed by atoms with Crippen molar-refractivity contribution in [1.29, 1.82) is 0 Å². The molecule has 0 saturated carbocycles. The van der Waals surface area contributed by atoms with Crippen LogP contribution < -0.4 is 16.4 Å². The number of nitrogens with one attached hydrogen (secondary N) is 2. The molecule has 8 nitrogen and oxygen atoms in total. The van der Waals surface area contributed by atoms with Crippen molar-refractivity contribution in [2.45, 2.75) is 50.7 Å². The smallest absolute Gasteiger partial charge is 0.286 e. The number of aliphatic hydroxyl groups is 1. The van der Waals surface area contributed by atoms with Crippen LogP contribution >= 0.6 is 0 Å². The predicted octanol–water partition coefficient (Wildman–Crippen LogP) is 3.70. The van der Waals surface area contributed by atoms with Crippen molar-refractivity contribution >= 4 is 23.2 Å². The molecule has 8 heteroatoms. The fourth-order valence-corrected chi connectivity index (χ4v) is 3.80. The molecule has 5 N–H and O–H groups in total. The molecule has 2 aromatic carbocycles. The molecule has 1 heterocycles. The number of hydrogen-bond acceptors (Lipinski definition) is 6. The lowest BCUT2D eigenvalue weighted by Gasteiger charge is -2.29. The number of benzene rings is 2. The summed E-state index contributed by atoms with van der Waals surface area (Å²) in [6.45, 7) is 1.01. The highest BCUT2D eigenvalue weighted by Gasteiger charge is 2.28. The number of amides is 2. The Morgan fingerprint density at radius 3 is 2.57 bits per heavy atom. The first kappa shape index (κ1) is 26.2. The van der Waals surface area contributed by atoms with Gasteiger partial charge in [-0.2, -0.15) is 0 Å². The number of allylic oxidation sites excluding steroid dienone is 1. The van der Waals surface area contributed by atoms with Gasteiger partial charge in [0.2, 0.25) is 12.2 Å². The molecule has 0 saturated heterocycles. The van der Waals surface area contributed by atoms with E-state index in [1.807, 2.05) is 48.5 Å². The summed E-state index contributed by atoms with van der Waals surface area (Å²) in [6, 6.07) is 17.1. The van der Waals surface area contributed by atoms with Gasteiger partial charge in [-0.25, -0.2) is 0 Å². The summed E-state index contributed by atoms with van der Waals surface area (Å²) in [6.07, 6.45) is 4.93. The molecule has 0 radical (unpaired) electrons. The molecule has 2 aromatic rings. The number of ether oxygens (including phenoxy) is 2. The second-order valence-corrected chi connectivity index (χ2v) is 8.48. The van der Waals surface area contributed by atoms with Crippen LogP contribution in [0.25, 0.3) is 0 Å². The topological polar surface area (TPSA) is 123 Å². The van der Waals surface area contributed by atoms with Gasteiger partial charge >= 0.3 is 0 Å². The van der Waals surface area contributed by atoms with Gasteiger partial charge in [0.25, 0.3) is 5.91 Å². The summed E-state index contributed by atoms with van der Waals surface area (Å²) in [5.74, 6) is -0.159. The summed E-state index contributed by atoms with van der Waals surface area (Å²) in [5.41, 5.74) is 8.07. The van der Waals surface area contributed by atoms with Crippen molar-refractivity contribution in [2.75, 3.05) is 30.8 Å². The Morgan fingerprint density at radius 1 is 1.03 bits per heavy atom. The number of carbonyl (C=O) groups is 2. The van der Waals surface area contributed by atoms with Crippen molar-refractivity contribution in [3.63, 3.8) is 0 Å². The van der Waals surface area contributed by atoms with Crippen LogP contribution in [0.5, 0.6) is 0 Å². The minimum absolute atomic E-state index is 0.00246. The Labute approximate surface area is 206 Å². The van der Waals surface area contributed by atoms with Gasteiger partial charge in [0.15, 0.2) is 5.76 Å². The van der Waals surface area contributed by atoms with E-state index < -0.39 is 6.29 Å². The lowest BCUT2D eigenvalue weighted by molar-refractivity contribution is -0.146. The molecule has 1 aliphatic heterocycles. The highest BCUT2D eigenvalue weighted by Crippen LogP contribution is 2.31. The minimum atomic E-state index is -0.529. The first-order valence-electron chi connectivity index (χ1n) is 12.1. The molecule has 0 spiro atoms. The maximum atomic E-state index is 12.8. The van der Waals surface area contributed by atoms with E-state index in [2.05, 4.69) is 10.6 Å². The number of rotatable bonds is 13. The third-order valence-corrected chi connectivity index (χ3v) is 5.72. The average Bonchev–Trinajstić information content (AvgIpc) is 2.88. The summed E-state index contributed by atoms with van der Waals surface area (Å²) in [5, 5.41) is 14.6. The Hall–Kier alpha value is -3.36. The molecule has 1 aliphatic rings. The van der Waals surface area contributed by atoms with Crippen molar-refractivity contribution in [2.24, 2.45) is 0 Å². The van der Waals surface area contributed by atoms with Crippen molar-refractivity contribution in [1.82, 2.24) is 5.32 Å². The highest BCUT2D eigenvalue weighted by molar-refractivity contribution is 5.93. The number of anilines is 2. The second-order valence-electron chi connectivity index (χ2n) is 8.48. The lowest BCUT2D eigenvalue weighted by Crippen LogP contribution is -2.33. The number of para-hydroxylation sites is 2. The molecule has 0 aliphatic carbocycles. The Kier molecular flexibility index (Phi) is 10.6. The largest absolute Gasteiger partial charge is 0.459 e. The van der Waals surface area contributed by atoms with E-state index in [1.54, 1.807) is 12.1 Å². The van der Waals surface area contributed by atoms with Gasteiger partial charge in [0, 0.05) is 31.9 Å². The monoisotopic (exact) mass is 481 g/mol. The van der Waals surface area contributed by atoms with Crippen molar-refractivity contribution < 1.29 is 24.2 Å². The standard InChI is InChI=1S/C27H35N3O5/c28-22-12-4-5-13-23(22)30-25(32)14-6-7-15-29-27(33)24-18-21(20-10-2-1-3-11-20)19-26(35-24)34-17-9-8-16-31/h1-5,10-13,18,21,26,31H,6-9,14-17,19,28H2,(H,29,33)(H,30,32)/t21-,26+/m1/s1. The zero-order valence-corrected chi connectivity index (χ0v) is 19.9. The van der Waals surface area contributed by atoms with Crippen LogP contribution in [0.4, 0.5) is 11.4 Å². The molecule has 0 unspecified atom stereocenters. The van der Waals surface area contributed by atoms with Gasteiger partial charge in [-0.1, -0.05) is 42.5 Å². The van der Waals surface area contributed by atoms with E-state index in [4.69, 9.17) is 20.3 Å². The fraction of sp³-hybridized carbons (Fsp3) is 0.407. The van der Waals surface area contributed by atoms with Crippen LogP contribution in [-0.4, -0.2) is 43.0 Å². The normalized spacial score (nSPS) is 17.2. The average molecular weight is 482 g/mol. The number of hydrogen-bond donors (Lipinski definition) is 4. The zero-order valence-electron chi connectivity index (χ0n) is 19.9. The minimum Gasteiger partial charge on any atom is -0.459 e. The van der Waals surface area contributed by atoms with Crippen molar-refractivity contribution in [3.8, 4) is 0 Å². The quantitative estimate of drug-likeness (QED) is 0.256. The highest BCUT2D eigenvalue weighted by atomic mass is 16.7. The first-order chi connectivity index (χ1) is 17.1. The van der Waals surface area contributed by atoms with Gasteiger partial charge in [0.1, 0.15) is 0 Å². The SMILES string of the molecule is Nc1ccccc1NC(=O)CCCCNC(=O)C1=C[C@@H](c2ccccc2)C[C@@H](OCCCCO)O1. The van der Waals surface area contributed by atoms with Crippen LogP contribution in [0.2, 0.25) is 0 Å². The second kappa shape index (κ2) is 14.1. The zero-order chi connectivity index (χ0) is 24.9. The molecular weight excluding hydrogens is 446 g/mol. The summed E-state index contributed by atoms with van der Waals surface area (Å²) in [4.78, 5) is 24.9. The van der Waals surface area contributed by atoms with E-state index >= 15 is 0 Å². The molecule has 0 fully saturated rings. The van der Waals surface area contributed by atoms with Crippen LogP contribution in [0.1, 0.15) is 50.0 Å². The van der Waals surface area contributed by atoms with E-state index in [-0.39, 0.29) is 30.1 Å². The maximum Gasteiger partial charge on any atom is 0.286 e. The number of nitrogens with two attached hydrogens (primary N) is 1. The Bertz CT molecular complexity index is 980. The van der Waals surface area contributed by atoms with Crippen molar-refractivity contribution in [3.05, 3.63) is 72.0 Å². The number of nitrogen functional groups attached to an aromatic ring is 1. The van der Waals surface area contributed by atoms with E-state index in [0.29, 0.717) is 56.6 Å². The third kappa shape index (κ3) is 8.73. The molecule has 35 heavy (non-hydrogen) atoms. The van der Waals surface area contributed by atoms with Crippen LogP contribution in [0.15, 0.2) is 66.4 Å². The third-order valence-electron chi connectivity index (χ3n) is 5.72. The van der Waals surface area contributed by atoms with Gasteiger partial charge in [-0.05, 0) is 49.5 Å². The van der Waals surface area contributed by atoms with E-state index in [1.165, 1.54) is 0 Å². The summed E-state index contributed by atoms with van der Waals surface area (Å²) < 4.78 is 11.7. The summed E-state index contributed by atoms with van der Waals surface area (Å²) in [7, 11) is 0. The number of carbonyl (C=O) groups excluding carboxylic acids is 2. The molecule has 0 bridgehead atoms. The van der Waals surface area contributed by atoms with Gasteiger partial charge in [0.05, 0.1) is 18.0 Å². The van der Waals surface area contributed by atoms with E-state index in [9.17, 15) is 9.59 Å². The molecule has 3 rings (SSSR count). The number of aliphatic hydroxyl groups excluding tert-OH is 1. The summed E-state index contributed by atoms with van der Waals surface area (Å²) >= 11 is 0. The Balaban J connectivity index is 1.46. The van der Waals surface area contributed by atoms with Gasteiger partial charge in [-0.3, -0.25) is 9.59 Å². The first-order valence-corrected chi connectivity index (χ1v) is 12.1. The Morgan fingerprint density at radius 2 is 1.80 bits per heavy atom. The number of unbranched alkanes of at least 4 members (excludes halogenated alkanes) is 2. The molecule has 2 atom stereocenters. The maximum absolute atomic E-state index is 12.8. The molecule has 2 amide bonds. The van der Waals surface area contributed by atoms with Crippen LogP contribution in [0, 0.1) is 0 Å². The van der Waals surface area contributed by atoms with E-state index in [0.717, 1.165) is 12.0 Å².